The molecule has 0 aromatic carbocycles. The second-order valence-electron chi connectivity index (χ2n) is 11.2. The third-order valence-corrected chi connectivity index (χ3v) is 12.8. The van der Waals surface area contributed by atoms with Crippen LogP contribution in [0, 0.1) is 16.2 Å². The van der Waals surface area contributed by atoms with E-state index in [1.54, 1.807) is 6.08 Å². The van der Waals surface area contributed by atoms with Gasteiger partial charge < -0.3 is 13.9 Å². The van der Waals surface area contributed by atoms with Crippen molar-refractivity contribution >= 4 is 20.3 Å². The first-order valence-electron chi connectivity index (χ1n) is 10.8. The van der Waals surface area contributed by atoms with Crippen molar-refractivity contribution in [1.29, 1.82) is 0 Å². The van der Waals surface area contributed by atoms with Gasteiger partial charge in [-0.1, -0.05) is 59.3 Å². The Balaban J connectivity index is 2.61. The monoisotopic (exact) mass is 436 g/mol. The summed E-state index contributed by atoms with van der Waals surface area (Å²) in [5.74, 6) is -0.899. The number of carbonyl (C=O) groups excluding carboxylic acids is 2. The highest BCUT2D eigenvalue weighted by atomic mass is 28.4. The molecule has 0 spiro atoms. The second-order valence-corrected chi connectivity index (χ2v) is 16.0. The molecule has 6 heteroatoms. The molecule has 5 nitrogen and oxygen atoms in total. The molecule has 0 N–H and O–H groups in total. The van der Waals surface area contributed by atoms with Gasteiger partial charge in [0.05, 0.1) is 25.9 Å². The standard InChI is InChI=1S/C24H40O5Si/c1-21(2,3)30(10,11)29-18-14-15-23(6)17(22(18,4)5)13-12-16(19(25)27-8)24(23,7)20(26)28-9/h12-13,18H,14-15H2,1-11H3/t18-,23-,24+/m0/s1. The van der Waals surface area contributed by atoms with Gasteiger partial charge in [0.2, 0.25) is 0 Å². The highest BCUT2D eigenvalue weighted by Gasteiger charge is 2.63. The predicted molar refractivity (Wildman–Crippen MR) is 121 cm³/mol. The van der Waals surface area contributed by atoms with E-state index in [-0.39, 0.29) is 16.6 Å². The van der Waals surface area contributed by atoms with Gasteiger partial charge in [-0.3, -0.25) is 4.79 Å². The summed E-state index contributed by atoms with van der Waals surface area (Å²) in [7, 11) is 0.748. The number of esters is 2. The maximum Gasteiger partial charge on any atom is 0.334 e. The molecule has 30 heavy (non-hydrogen) atoms. The van der Waals surface area contributed by atoms with Crippen LogP contribution in [0.1, 0.15) is 61.3 Å². The molecular weight excluding hydrogens is 396 g/mol. The lowest BCUT2D eigenvalue weighted by molar-refractivity contribution is -0.161. The van der Waals surface area contributed by atoms with Crippen molar-refractivity contribution in [3.8, 4) is 0 Å². The highest BCUT2D eigenvalue weighted by Crippen LogP contribution is 2.64. The molecule has 0 unspecified atom stereocenters. The van der Waals surface area contributed by atoms with Crippen molar-refractivity contribution in [2.24, 2.45) is 16.2 Å². The minimum absolute atomic E-state index is 0.0488. The molecular formula is C24H40O5Si. The largest absolute Gasteiger partial charge is 0.468 e. The van der Waals surface area contributed by atoms with E-state index in [0.717, 1.165) is 18.4 Å². The number of rotatable bonds is 4. The minimum atomic E-state index is -1.97. The molecule has 0 aliphatic heterocycles. The van der Waals surface area contributed by atoms with Gasteiger partial charge in [-0.25, -0.2) is 4.79 Å². The van der Waals surface area contributed by atoms with E-state index < -0.39 is 31.1 Å². The second kappa shape index (κ2) is 7.63. The van der Waals surface area contributed by atoms with Gasteiger partial charge in [0.15, 0.2) is 8.32 Å². The molecule has 2 aliphatic carbocycles. The van der Waals surface area contributed by atoms with E-state index in [1.807, 2.05) is 13.0 Å². The normalized spacial score (nSPS) is 31.2. The third kappa shape index (κ3) is 3.50. The van der Waals surface area contributed by atoms with Gasteiger partial charge in [0.25, 0.3) is 0 Å². The topological polar surface area (TPSA) is 61.8 Å². The SMILES string of the molecule is COC(=O)C1=CC=C2C(C)(C)[C@@H](O[Si](C)(C)C(C)(C)C)CC[C@]2(C)[C@@]1(C)C(=O)OC. The molecule has 0 amide bonds. The molecule has 0 heterocycles. The zero-order valence-electron chi connectivity index (χ0n) is 20.7. The van der Waals surface area contributed by atoms with Gasteiger partial charge in [0.1, 0.15) is 5.41 Å². The lowest BCUT2D eigenvalue weighted by Crippen LogP contribution is -2.59. The number of hydrogen-bond acceptors (Lipinski definition) is 5. The number of ether oxygens (including phenoxy) is 2. The van der Waals surface area contributed by atoms with Gasteiger partial charge in [-0.15, -0.1) is 0 Å². The lowest BCUT2D eigenvalue weighted by atomic mass is 9.46. The number of hydrogen-bond donors (Lipinski definition) is 0. The van der Waals surface area contributed by atoms with E-state index >= 15 is 0 Å². The Hall–Kier alpha value is -1.40. The molecule has 0 aromatic heterocycles. The average molecular weight is 437 g/mol. The van der Waals surface area contributed by atoms with Gasteiger partial charge in [-0.05, 0) is 37.9 Å². The fraction of sp³-hybridized carbons (Fsp3) is 0.750. The van der Waals surface area contributed by atoms with Gasteiger partial charge in [-0.2, -0.15) is 0 Å². The van der Waals surface area contributed by atoms with Crippen molar-refractivity contribution < 1.29 is 23.5 Å². The van der Waals surface area contributed by atoms with Crippen LogP contribution in [0.15, 0.2) is 23.3 Å². The average Bonchev–Trinajstić information content (AvgIpc) is 2.63. The van der Waals surface area contributed by atoms with Crippen molar-refractivity contribution in [1.82, 2.24) is 0 Å². The van der Waals surface area contributed by atoms with Crippen LogP contribution in [0.4, 0.5) is 0 Å². The van der Waals surface area contributed by atoms with Crippen LogP contribution >= 0.6 is 0 Å². The Bertz CT molecular complexity index is 786. The fourth-order valence-corrected chi connectivity index (χ4v) is 6.49. The Morgan fingerprint density at radius 1 is 1.03 bits per heavy atom. The summed E-state index contributed by atoms with van der Waals surface area (Å²) in [5.41, 5.74) is -0.517. The van der Waals surface area contributed by atoms with Crippen molar-refractivity contribution in [3.05, 3.63) is 23.3 Å². The van der Waals surface area contributed by atoms with Crippen LogP contribution in [0.25, 0.3) is 0 Å². The summed E-state index contributed by atoms with van der Waals surface area (Å²) in [5, 5.41) is 0.114. The van der Waals surface area contributed by atoms with Crippen LogP contribution in [-0.2, 0) is 23.5 Å². The van der Waals surface area contributed by atoms with Crippen molar-refractivity contribution in [2.75, 3.05) is 14.2 Å². The molecule has 0 saturated heterocycles. The Morgan fingerprint density at radius 3 is 2.07 bits per heavy atom. The Labute approximate surface area is 183 Å². The number of fused-ring (bicyclic) bond motifs is 1. The first kappa shape index (κ1) is 24.9. The Morgan fingerprint density at radius 2 is 1.60 bits per heavy atom. The van der Waals surface area contributed by atoms with Crippen molar-refractivity contribution in [3.63, 3.8) is 0 Å². The predicted octanol–water partition coefficient (Wildman–Crippen LogP) is 5.42. The lowest BCUT2D eigenvalue weighted by Gasteiger charge is -2.59. The molecule has 0 bridgehead atoms. The van der Waals surface area contributed by atoms with E-state index in [1.165, 1.54) is 14.2 Å². The maximum atomic E-state index is 13.1. The molecule has 170 valence electrons. The summed E-state index contributed by atoms with van der Waals surface area (Å²) in [6.07, 6.45) is 5.34. The molecule has 2 rings (SSSR count). The quantitative estimate of drug-likeness (QED) is 0.435. The van der Waals surface area contributed by atoms with E-state index in [9.17, 15) is 9.59 Å². The van der Waals surface area contributed by atoms with Crippen LogP contribution < -0.4 is 0 Å². The molecule has 1 fully saturated rings. The van der Waals surface area contributed by atoms with E-state index in [4.69, 9.17) is 13.9 Å². The van der Waals surface area contributed by atoms with Gasteiger partial charge >= 0.3 is 11.9 Å². The zero-order valence-corrected chi connectivity index (χ0v) is 21.7. The van der Waals surface area contributed by atoms with Crippen LogP contribution in [0.2, 0.25) is 18.1 Å². The number of carbonyl (C=O) groups is 2. The van der Waals surface area contributed by atoms with E-state index in [0.29, 0.717) is 5.57 Å². The van der Waals surface area contributed by atoms with Crippen LogP contribution in [0.3, 0.4) is 0 Å². The maximum absolute atomic E-state index is 13.1. The Kier molecular flexibility index (Phi) is 6.32. The van der Waals surface area contributed by atoms with Gasteiger partial charge in [0, 0.05) is 10.8 Å². The first-order chi connectivity index (χ1) is 13.5. The molecule has 2 aliphatic rings. The molecule has 0 radical (unpaired) electrons. The summed E-state index contributed by atoms with van der Waals surface area (Å²) in [4.78, 5) is 25.7. The minimum Gasteiger partial charge on any atom is -0.468 e. The van der Waals surface area contributed by atoms with Crippen molar-refractivity contribution in [2.45, 2.75) is 85.5 Å². The van der Waals surface area contributed by atoms with Crippen LogP contribution in [0.5, 0.6) is 0 Å². The summed E-state index contributed by atoms with van der Waals surface area (Å²) < 4.78 is 17.1. The number of methoxy groups -OCH3 is 2. The first-order valence-corrected chi connectivity index (χ1v) is 13.7. The molecule has 0 aromatic rings. The molecule has 3 atom stereocenters. The third-order valence-electron chi connectivity index (χ3n) is 8.30. The zero-order chi connectivity index (χ0) is 23.3. The summed E-state index contributed by atoms with van der Waals surface area (Å²) in [6.45, 7) is 19.6. The summed E-state index contributed by atoms with van der Waals surface area (Å²) in [6, 6.07) is 0. The van der Waals surface area contributed by atoms with Crippen LogP contribution in [-0.4, -0.2) is 40.6 Å². The smallest absolute Gasteiger partial charge is 0.334 e. The van der Waals surface area contributed by atoms with E-state index in [2.05, 4.69) is 54.6 Å². The molecule has 1 saturated carbocycles. The highest BCUT2D eigenvalue weighted by molar-refractivity contribution is 6.74. The number of allylic oxidation sites excluding steroid dienone is 2. The summed E-state index contributed by atoms with van der Waals surface area (Å²) >= 11 is 0. The fourth-order valence-electron chi connectivity index (χ4n) is 5.01.